The van der Waals surface area contributed by atoms with Crippen molar-refractivity contribution >= 4 is 29.3 Å². The Balaban J connectivity index is 0.840. The minimum atomic E-state index is -0.988. The highest BCUT2D eigenvalue weighted by atomic mass is 16.5. The van der Waals surface area contributed by atoms with Crippen LogP contribution in [-0.4, -0.2) is 66.7 Å². The molecule has 1 atom stereocenters. The lowest BCUT2D eigenvalue weighted by molar-refractivity contribution is -0.136. The number of fused-ring (bicyclic) bond motifs is 1. The predicted octanol–water partition coefficient (Wildman–Crippen LogP) is 5.20. The van der Waals surface area contributed by atoms with Crippen LogP contribution in [0.25, 0.3) is 5.82 Å². The molecule has 0 radical (unpaired) electrons. The Labute approximate surface area is 298 Å². The van der Waals surface area contributed by atoms with Gasteiger partial charge >= 0.3 is 0 Å². The molecule has 0 spiro atoms. The smallest absolute Gasteiger partial charge is 0.262 e. The van der Waals surface area contributed by atoms with Gasteiger partial charge in [0, 0.05) is 42.5 Å². The number of rotatable bonds is 10. The zero-order valence-electron chi connectivity index (χ0n) is 28.5. The molecule has 8 rings (SSSR count). The van der Waals surface area contributed by atoms with E-state index in [1.165, 1.54) is 0 Å². The minimum Gasteiger partial charge on any atom is -0.490 e. The molecule has 52 heavy (non-hydrogen) atoms. The molecule has 1 saturated heterocycles. The average molecular weight is 698 g/mol. The lowest BCUT2D eigenvalue weighted by atomic mass is 9.78. The number of imide groups is 2. The van der Waals surface area contributed by atoms with Crippen LogP contribution in [0.15, 0.2) is 97.3 Å². The van der Waals surface area contributed by atoms with Gasteiger partial charge in [-0.25, -0.2) is 4.68 Å². The first-order valence-corrected chi connectivity index (χ1v) is 17.1. The molecule has 1 unspecified atom stereocenters. The fourth-order valence-electron chi connectivity index (χ4n) is 6.86. The summed E-state index contributed by atoms with van der Waals surface area (Å²) in [6, 6.07) is 25.9. The van der Waals surface area contributed by atoms with Crippen LogP contribution in [0.4, 0.5) is 5.69 Å². The predicted molar refractivity (Wildman–Crippen MR) is 188 cm³/mol. The fourth-order valence-corrected chi connectivity index (χ4v) is 6.86. The van der Waals surface area contributed by atoms with Crippen molar-refractivity contribution in [1.29, 1.82) is 0 Å². The Morgan fingerprint density at radius 1 is 0.846 bits per heavy atom. The number of amides is 4. The lowest BCUT2D eigenvalue weighted by Crippen LogP contribution is -2.54. The molecular weight excluding hydrogens is 662 g/mol. The van der Waals surface area contributed by atoms with E-state index in [4.69, 9.17) is 9.47 Å². The van der Waals surface area contributed by atoms with Crippen LogP contribution in [-0.2, 0) is 15.0 Å². The van der Waals surface area contributed by atoms with Gasteiger partial charge in [0.25, 0.3) is 11.8 Å². The van der Waals surface area contributed by atoms with Gasteiger partial charge in [-0.3, -0.25) is 29.4 Å². The summed E-state index contributed by atoms with van der Waals surface area (Å²) in [6.45, 7) is 4.36. The lowest BCUT2D eigenvalue weighted by Gasteiger charge is -2.36. The molecular formula is C39H35N7O6. The molecule has 13 nitrogen and oxygen atoms in total. The molecule has 3 aliphatic rings. The Morgan fingerprint density at radius 2 is 1.56 bits per heavy atom. The number of piperidine rings is 1. The Hall–Kier alpha value is -6.37. The highest BCUT2D eigenvalue weighted by Gasteiger charge is 2.45. The number of carbonyl (C=O) groups is 4. The highest BCUT2D eigenvalue weighted by Crippen LogP contribution is 2.36. The van der Waals surface area contributed by atoms with Crippen molar-refractivity contribution < 1.29 is 28.7 Å². The van der Waals surface area contributed by atoms with Gasteiger partial charge in [-0.05, 0) is 66.1 Å². The van der Waals surface area contributed by atoms with Crippen molar-refractivity contribution in [2.45, 2.75) is 63.1 Å². The number of benzene rings is 3. The van der Waals surface area contributed by atoms with Crippen molar-refractivity contribution in [3.05, 3.63) is 120 Å². The van der Waals surface area contributed by atoms with E-state index in [1.54, 1.807) is 41.3 Å². The topological polar surface area (TPSA) is 158 Å². The van der Waals surface area contributed by atoms with Crippen molar-refractivity contribution in [2.75, 3.05) is 5.32 Å². The van der Waals surface area contributed by atoms with Crippen LogP contribution < -0.4 is 20.1 Å². The molecule has 3 aromatic carbocycles. The Kier molecular flexibility index (Phi) is 8.25. The summed E-state index contributed by atoms with van der Waals surface area (Å²) in [5, 5.41) is 13.5. The molecule has 2 fully saturated rings. The van der Waals surface area contributed by atoms with Crippen LogP contribution in [0, 0.1) is 0 Å². The first-order chi connectivity index (χ1) is 25.1. The molecule has 1 saturated carbocycles. The zero-order chi connectivity index (χ0) is 36.0. The van der Waals surface area contributed by atoms with Crippen LogP contribution in [0.2, 0.25) is 0 Å². The number of nitrogens with zero attached hydrogens (tertiary/aromatic N) is 5. The summed E-state index contributed by atoms with van der Waals surface area (Å²) >= 11 is 0. The quantitative estimate of drug-likeness (QED) is 0.186. The number of hydrogen-bond donors (Lipinski definition) is 2. The number of anilines is 1. The normalized spacial score (nSPS) is 19.9. The van der Waals surface area contributed by atoms with Crippen molar-refractivity contribution in [2.24, 2.45) is 0 Å². The monoisotopic (exact) mass is 697 g/mol. The second-order valence-electron chi connectivity index (χ2n) is 13.7. The van der Waals surface area contributed by atoms with Gasteiger partial charge in [0.05, 0.1) is 23.5 Å². The summed E-state index contributed by atoms with van der Waals surface area (Å²) in [7, 11) is 0. The van der Waals surface area contributed by atoms with Crippen LogP contribution in [0.3, 0.4) is 0 Å². The largest absolute Gasteiger partial charge is 0.490 e. The van der Waals surface area contributed by atoms with E-state index >= 15 is 0 Å². The zero-order valence-corrected chi connectivity index (χ0v) is 28.5. The van der Waals surface area contributed by atoms with Gasteiger partial charge < -0.3 is 14.8 Å². The van der Waals surface area contributed by atoms with E-state index in [0.717, 1.165) is 34.6 Å². The maximum Gasteiger partial charge on any atom is 0.262 e. The van der Waals surface area contributed by atoms with E-state index in [1.807, 2.05) is 36.4 Å². The molecule has 0 bridgehead atoms. The second kappa shape index (κ2) is 13.1. The van der Waals surface area contributed by atoms with Gasteiger partial charge in [0.15, 0.2) is 5.82 Å². The van der Waals surface area contributed by atoms with Gasteiger partial charge in [-0.2, -0.15) is 4.98 Å². The van der Waals surface area contributed by atoms with Crippen molar-refractivity contribution in [3.8, 4) is 23.2 Å². The molecule has 4 amide bonds. The summed E-state index contributed by atoms with van der Waals surface area (Å²) in [5.41, 5.74) is 3.23. The van der Waals surface area contributed by atoms with Gasteiger partial charge in [-0.1, -0.05) is 49.4 Å². The van der Waals surface area contributed by atoms with Gasteiger partial charge in [-0.15, -0.1) is 5.10 Å². The molecule has 5 aromatic rings. The molecule has 2 aliphatic heterocycles. The molecule has 2 aromatic heterocycles. The summed E-state index contributed by atoms with van der Waals surface area (Å²) in [4.78, 5) is 55.6. The first kappa shape index (κ1) is 32.8. The maximum atomic E-state index is 13.2. The third kappa shape index (κ3) is 6.25. The minimum absolute atomic E-state index is 0.0379. The molecule has 13 heteroatoms. The SMILES string of the molecule is CC(C)(c1ccc(Oc2cccc(-n3ccnn3)n2)cc1)c1ccc(OC2CC(Nc3ccc4c(c3)C(=O)N(C3CCC(=O)NC3=O)C4=O)C2)cc1. The molecule has 262 valence electrons. The summed E-state index contributed by atoms with van der Waals surface area (Å²) in [5.74, 6) is 0.480. The number of carbonyl (C=O) groups excluding carboxylic acids is 4. The first-order valence-electron chi connectivity index (χ1n) is 17.1. The van der Waals surface area contributed by atoms with Gasteiger partial charge in [0.1, 0.15) is 23.6 Å². The van der Waals surface area contributed by atoms with E-state index in [0.29, 0.717) is 23.1 Å². The van der Waals surface area contributed by atoms with E-state index in [-0.39, 0.29) is 41.5 Å². The van der Waals surface area contributed by atoms with Crippen LogP contribution >= 0.6 is 0 Å². The molecule has 1 aliphatic carbocycles. The number of hydrogen-bond acceptors (Lipinski definition) is 10. The highest BCUT2D eigenvalue weighted by molar-refractivity contribution is 6.23. The van der Waals surface area contributed by atoms with E-state index in [2.05, 4.69) is 64.0 Å². The summed E-state index contributed by atoms with van der Waals surface area (Å²) < 4.78 is 13.8. The van der Waals surface area contributed by atoms with Crippen molar-refractivity contribution in [1.82, 2.24) is 30.2 Å². The van der Waals surface area contributed by atoms with E-state index in [9.17, 15) is 19.2 Å². The van der Waals surface area contributed by atoms with Crippen LogP contribution in [0.5, 0.6) is 17.4 Å². The number of pyridine rings is 1. The maximum absolute atomic E-state index is 13.2. The average Bonchev–Trinajstić information content (AvgIpc) is 3.75. The number of nitrogens with one attached hydrogen (secondary N) is 2. The standard InChI is InChI=1S/C39H35N7O6/c1-39(2,24-8-13-28(14-9-24)52-35-5-3-4-33(42-35)45-19-18-40-44-45)23-6-11-27(12-7-23)51-29-20-26(21-29)41-25-10-15-30-31(22-25)38(50)46(37(30)49)32-16-17-34(47)43-36(32)48/h3-15,18-19,22,26,29,32,41H,16-17,20-21H2,1-2H3,(H,43,47,48). The number of aromatic nitrogens is 4. The fraction of sp³-hybridized carbons (Fsp3) is 0.256. The Bertz CT molecular complexity index is 2180. The second-order valence-corrected chi connectivity index (χ2v) is 13.7. The molecule has 4 heterocycles. The van der Waals surface area contributed by atoms with Crippen LogP contribution in [0.1, 0.15) is 71.4 Å². The Morgan fingerprint density at radius 3 is 2.25 bits per heavy atom. The molecule has 2 N–H and O–H groups in total. The number of ether oxygens (including phenoxy) is 2. The van der Waals surface area contributed by atoms with Gasteiger partial charge in [0.2, 0.25) is 17.7 Å². The summed E-state index contributed by atoms with van der Waals surface area (Å²) in [6.07, 6.45) is 5.10. The van der Waals surface area contributed by atoms with E-state index < -0.39 is 29.7 Å². The third-order valence-corrected chi connectivity index (χ3v) is 9.95. The van der Waals surface area contributed by atoms with Crippen molar-refractivity contribution in [3.63, 3.8) is 0 Å². The third-order valence-electron chi connectivity index (χ3n) is 9.95.